The second-order valence-corrected chi connectivity index (χ2v) is 5.82. The van der Waals surface area contributed by atoms with Crippen LogP contribution in [-0.2, 0) is 6.18 Å². The highest BCUT2D eigenvalue weighted by Crippen LogP contribution is 2.31. The maximum Gasteiger partial charge on any atom is 0.417 e. The summed E-state index contributed by atoms with van der Waals surface area (Å²) in [5.41, 5.74) is -0.181. The van der Waals surface area contributed by atoms with Gasteiger partial charge in [-0.25, -0.2) is 5.10 Å². The summed E-state index contributed by atoms with van der Waals surface area (Å²) in [6.07, 6.45) is -3.37. The molecule has 3 rings (SSSR count). The molecule has 3 aromatic rings. The van der Waals surface area contributed by atoms with Crippen molar-refractivity contribution in [1.29, 1.82) is 0 Å². The summed E-state index contributed by atoms with van der Waals surface area (Å²) in [5.74, 6) is 0.363. The van der Waals surface area contributed by atoms with E-state index in [2.05, 4.69) is 15.3 Å². The lowest BCUT2D eigenvalue weighted by molar-refractivity contribution is -0.137. The Balaban J connectivity index is 2.03. The van der Waals surface area contributed by atoms with Crippen LogP contribution in [0.1, 0.15) is 11.1 Å². The van der Waals surface area contributed by atoms with Crippen molar-refractivity contribution < 1.29 is 13.2 Å². The molecule has 128 valence electrons. The van der Waals surface area contributed by atoms with Gasteiger partial charge in [0.05, 0.1) is 11.8 Å². The average molecular weight is 383 g/mol. The summed E-state index contributed by atoms with van der Waals surface area (Å²) in [6, 6.07) is 11.9. The second-order valence-electron chi connectivity index (χ2n) is 5.00. The number of halogens is 4. The predicted octanol–water partition coefficient (Wildman–Crippen LogP) is 5.16. The third-order valence-electron chi connectivity index (χ3n) is 3.33. The summed E-state index contributed by atoms with van der Waals surface area (Å²) in [4.78, 5) is 0. The molecule has 0 atom stereocenters. The van der Waals surface area contributed by atoms with Crippen molar-refractivity contribution >= 4 is 30.0 Å². The zero-order valence-electron chi connectivity index (χ0n) is 12.5. The zero-order chi connectivity index (χ0) is 18.0. The lowest BCUT2D eigenvalue weighted by atomic mass is 10.1. The van der Waals surface area contributed by atoms with Crippen molar-refractivity contribution in [3.63, 3.8) is 0 Å². The first-order valence-electron chi connectivity index (χ1n) is 7.00. The smallest absolute Gasteiger partial charge is 0.250 e. The van der Waals surface area contributed by atoms with Crippen molar-refractivity contribution in [1.82, 2.24) is 14.9 Å². The Morgan fingerprint density at radius 3 is 2.48 bits per heavy atom. The van der Waals surface area contributed by atoms with Crippen LogP contribution in [0.15, 0.2) is 53.6 Å². The van der Waals surface area contributed by atoms with Crippen molar-refractivity contribution in [2.75, 3.05) is 0 Å². The molecule has 0 unspecified atom stereocenters. The van der Waals surface area contributed by atoms with Gasteiger partial charge in [-0.2, -0.15) is 28.0 Å². The van der Waals surface area contributed by atoms with E-state index in [1.165, 1.54) is 22.9 Å². The summed E-state index contributed by atoms with van der Waals surface area (Å²) >= 11 is 11.0. The van der Waals surface area contributed by atoms with Crippen LogP contribution in [0.2, 0.25) is 5.02 Å². The number of aromatic nitrogens is 3. The molecule has 0 saturated heterocycles. The van der Waals surface area contributed by atoms with E-state index in [9.17, 15) is 13.2 Å². The van der Waals surface area contributed by atoms with E-state index >= 15 is 0 Å². The fourth-order valence-electron chi connectivity index (χ4n) is 2.17. The van der Waals surface area contributed by atoms with Gasteiger partial charge in [0, 0.05) is 16.1 Å². The molecule has 0 aliphatic heterocycles. The second kappa shape index (κ2) is 6.81. The highest BCUT2D eigenvalue weighted by Gasteiger charge is 2.32. The van der Waals surface area contributed by atoms with E-state index in [0.717, 1.165) is 12.3 Å². The number of benzene rings is 2. The van der Waals surface area contributed by atoms with Gasteiger partial charge in [0.1, 0.15) is 0 Å². The number of rotatable bonds is 3. The van der Waals surface area contributed by atoms with E-state index in [1.807, 2.05) is 0 Å². The standard InChI is InChI=1S/C16H10ClF3N4S/c17-12-7-5-10(6-8-12)14-22-23-15(25)24(14)21-9-11-3-1-2-4-13(11)16(18,19)20/h1-9H,(H,23,25). The first kappa shape index (κ1) is 17.4. The fourth-order valence-corrected chi connectivity index (χ4v) is 2.48. The highest BCUT2D eigenvalue weighted by molar-refractivity contribution is 7.71. The number of nitrogens with zero attached hydrogens (tertiary/aromatic N) is 3. The van der Waals surface area contributed by atoms with Crippen LogP contribution in [0.4, 0.5) is 13.2 Å². The van der Waals surface area contributed by atoms with Gasteiger partial charge in [-0.1, -0.05) is 29.8 Å². The number of aromatic amines is 1. The minimum Gasteiger partial charge on any atom is -0.250 e. The SMILES string of the molecule is FC(F)(F)c1ccccc1C=Nn1c(-c2ccc(Cl)cc2)n[nH]c1=S. The average Bonchev–Trinajstić information content (AvgIpc) is 2.94. The quantitative estimate of drug-likeness (QED) is 0.502. The molecule has 0 bridgehead atoms. The summed E-state index contributed by atoms with van der Waals surface area (Å²) in [5, 5.41) is 11.3. The number of hydrogen-bond donors (Lipinski definition) is 1. The molecule has 9 heteroatoms. The van der Waals surface area contributed by atoms with Gasteiger partial charge in [0.2, 0.25) is 4.77 Å². The molecule has 0 radical (unpaired) electrons. The van der Waals surface area contributed by atoms with Gasteiger partial charge in [0.15, 0.2) is 5.82 Å². The summed E-state index contributed by atoms with van der Waals surface area (Å²) in [7, 11) is 0. The van der Waals surface area contributed by atoms with Crippen molar-refractivity contribution in [2.45, 2.75) is 6.18 Å². The molecular formula is C16H10ClF3N4S. The largest absolute Gasteiger partial charge is 0.417 e. The highest BCUT2D eigenvalue weighted by atomic mass is 35.5. The fraction of sp³-hybridized carbons (Fsp3) is 0.0625. The molecule has 1 aromatic heterocycles. The number of alkyl halides is 3. The number of nitrogens with one attached hydrogen (secondary N) is 1. The van der Waals surface area contributed by atoms with Gasteiger partial charge in [-0.3, -0.25) is 0 Å². The third-order valence-corrected chi connectivity index (χ3v) is 3.85. The molecule has 0 fully saturated rings. The van der Waals surface area contributed by atoms with Gasteiger partial charge < -0.3 is 0 Å². The molecule has 0 aliphatic carbocycles. The van der Waals surface area contributed by atoms with E-state index < -0.39 is 11.7 Å². The van der Waals surface area contributed by atoms with Crippen molar-refractivity contribution in [3.05, 3.63) is 69.5 Å². The van der Waals surface area contributed by atoms with Crippen LogP contribution < -0.4 is 0 Å². The Morgan fingerprint density at radius 2 is 1.80 bits per heavy atom. The van der Waals surface area contributed by atoms with Gasteiger partial charge in [-0.05, 0) is 42.5 Å². The first-order chi connectivity index (χ1) is 11.9. The first-order valence-corrected chi connectivity index (χ1v) is 7.79. The number of H-pyrrole nitrogens is 1. The van der Waals surface area contributed by atoms with E-state index in [0.29, 0.717) is 16.4 Å². The van der Waals surface area contributed by atoms with Gasteiger partial charge in [-0.15, -0.1) is 0 Å². The number of hydrogen-bond acceptors (Lipinski definition) is 3. The zero-order valence-corrected chi connectivity index (χ0v) is 14.0. The molecule has 0 spiro atoms. The molecule has 2 aromatic carbocycles. The monoisotopic (exact) mass is 382 g/mol. The Labute approximate surface area is 150 Å². The molecule has 25 heavy (non-hydrogen) atoms. The van der Waals surface area contributed by atoms with Gasteiger partial charge in [0.25, 0.3) is 0 Å². The Kier molecular flexibility index (Phi) is 4.73. The van der Waals surface area contributed by atoms with Crippen molar-refractivity contribution in [2.24, 2.45) is 5.10 Å². The van der Waals surface area contributed by atoms with Crippen LogP contribution >= 0.6 is 23.8 Å². The normalized spacial score (nSPS) is 12.0. The van der Waals surface area contributed by atoms with E-state index in [-0.39, 0.29) is 10.3 Å². The van der Waals surface area contributed by atoms with Crippen LogP contribution in [0.3, 0.4) is 0 Å². The Bertz CT molecular complexity index is 974. The molecular weight excluding hydrogens is 373 g/mol. The minimum absolute atomic E-state index is 0.0693. The summed E-state index contributed by atoms with van der Waals surface area (Å²) < 4.78 is 40.6. The maximum absolute atomic E-state index is 13.1. The van der Waals surface area contributed by atoms with Crippen LogP contribution in [0, 0.1) is 4.77 Å². The molecule has 1 N–H and O–H groups in total. The summed E-state index contributed by atoms with van der Waals surface area (Å²) in [6.45, 7) is 0. The minimum atomic E-state index is -4.47. The lowest BCUT2D eigenvalue weighted by Crippen LogP contribution is -2.09. The van der Waals surface area contributed by atoms with Crippen LogP contribution in [0.25, 0.3) is 11.4 Å². The van der Waals surface area contributed by atoms with Gasteiger partial charge >= 0.3 is 6.18 Å². The third kappa shape index (κ3) is 3.80. The van der Waals surface area contributed by atoms with Crippen LogP contribution in [-0.4, -0.2) is 21.1 Å². The topological polar surface area (TPSA) is 46.0 Å². The maximum atomic E-state index is 13.1. The molecule has 4 nitrogen and oxygen atoms in total. The predicted molar refractivity (Wildman–Crippen MR) is 92.3 cm³/mol. The Morgan fingerprint density at radius 1 is 1.12 bits per heavy atom. The van der Waals surface area contributed by atoms with E-state index in [4.69, 9.17) is 23.8 Å². The van der Waals surface area contributed by atoms with Crippen molar-refractivity contribution in [3.8, 4) is 11.4 Å². The lowest BCUT2D eigenvalue weighted by Gasteiger charge is -2.09. The van der Waals surface area contributed by atoms with Crippen LogP contribution in [0.5, 0.6) is 0 Å². The molecule has 0 amide bonds. The Hall–Kier alpha value is -2.45. The molecule has 0 aliphatic rings. The molecule has 1 heterocycles. The van der Waals surface area contributed by atoms with E-state index in [1.54, 1.807) is 24.3 Å². The molecule has 0 saturated carbocycles.